The van der Waals surface area contributed by atoms with Gasteiger partial charge in [-0.05, 0) is 72.7 Å². The molecule has 6 aromatic rings. The zero-order chi connectivity index (χ0) is 30.4. The Balaban J connectivity index is 0.000000161. The van der Waals surface area contributed by atoms with Crippen LogP contribution < -0.4 is 15.9 Å². The molecule has 4 heterocycles. The minimum Gasteiger partial charge on any atom is -0.425 e. The van der Waals surface area contributed by atoms with E-state index in [4.69, 9.17) is 0 Å². The van der Waals surface area contributed by atoms with Gasteiger partial charge in [0.1, 0.15) is 5.70 Å². The topological polar surface area (TPSA) is 86.1 Å². The summed E-state index contributed by atoms with van der Waals surface area (Å²) >= 11 is 0. The first-order valence-electron chi connectivity index (χ1n) is 14.5. The fourth-order valence-corrected chi connectivity index (χ4v) is 7.02. The summed E-state index contributed by atoms with van der Waals surface area (Å²) in [5.41, 5.74) is 0.678. The van der Waals surface area contributed by atoms with Gasteiger partial charge in [-0.2, -0.15) is 0 Å². The average Bonchev–Trinajstić information content (AvgIpc) is 3.93. The molecule has 0 saturated heterocycles. The Morgan fingerprint density at radius 1 is 0.667 bits per heavy atom. The van der Waals surface area contributed by atoms with Crippen LogP contribution in [0.5, 0.6) is 0 Å². The van der Waals surface area contributed by atoms with Crippen molar-refractivity contribution in [3.63, 3.8) is 0 Å². The molecule has 7 rings (SSSR count). The monoisotopic (exact) mass is 702 g/mol. The van der Waals surface area contributed by atoms with Gasteiger partial charge in [0.2, 0.25) is 0 Å². The maximum atomic E-state index is 9.92. The molecule has 1 radical (unpaired) electrons. The van der Waals surface area contributed by atoms with E-state index in [-0.39, 0.29) is 26.6 Å². The first-order chi connectivity index (χ1) is 21.8. The van der Waals surface area contributed by atoms with E-state index in [1.807, 2.05) is 43.0 Å². The van der Waals surface area contributed by atoms with Gasteiger partial charge >= 0.3 is 19.5 Å². The van der Waals surface area contributed by atoms with E-state index in [9.17, 15) is 4.91 Å². The van der Waals surface area contributed by atoms with Crippen molar-refractivity contribution in [2.75, 3.05) is 13.1 Å². The predicted molar refractivity (Wildman–Crippen MR) is 180 cm³/mol. The molecule has 1 aliphatic heterocycles. The van der Waals surface area contributed by atoms with Crippen LogP contribution in [0, 0.1) is 4.91 Å². The maximum Gasteiger partial charge on any atom is 2.00 e. The van der Waals surface area contributed by atoms with Crippen LogP contribution in [0.4, 0.5) is 0 Å². The van der Waals surface area contributed by atoms with E-state index < -0.39 is 7.92 Å². The summed E-state index contributed by atoms with van der Waals surface area (Å²) in [4.78, 5) is 12.0. The quantitative estimate of drug-likeness (QED) is 0.127. The number of rotatable bonds is 8. The van der Waals surface area contributed by atoms with Crippen molar-refractivity contribution in [2.45, 2.75) is 13.3 Å². The van der Waals surface area contributed by atoms with Gasteiger partial charge in [-0.15, -0.1) is 4.91 Å². The van der Waals surface area contributed by atoms with Crippen LogP contribution in [0.1, 0.15) is 13.3 Å². The fraction of sp³-hybridized carbons (Fsp3) is 0.121. The second-order valence-electron chi connectivity index (χ2n) is 9.74. The molecular weight excluding hydrogens is 667 g/mol. The summed E-state index contributed by atoms with van der Waals surface area (Å²) in [5, 5.41) is 19.7. The molecule has 12 heteroatoms. The van der Waals surface area contributed by atoms with Gasteiger partial charge in [-0.3, -0.25) is 0 Å². The van der Waals surface area contributed by atoms with Crippen molar-refractivity contribution in [2.24, 2.45) is 5.18 Å². The third kappa shape index (κ3) is 9.27. The van der Waals surface area contributed by atoms with E-state index in [2.05, 4.69) is 123 Å². The number of hydrogen-bond acceptors (Lipinski definition) is 6. The number of hydrogen-bond donors (Lipinski definition) is 0. The average molecular weight is 702 g/mol. The summed E-state index contributed by atoms with van der Waals surface area (Å²) in [6.07, 6.45) is 13.5. The largest absolute Gasteiger partial charge is 2.00 e. The van der Waals surface area contributed by atoms with E-state index in [1.54, 1.807) is 32.4 Å². The molecule has 3 aromatic heterocycles. The van der Waals surface area contributed by atoms with Gasteiger partial charge in [0, 0.05) is 44.3 Å². The number of aromatic nitrogens is 6. The van der Waals surface area contributed by atoms with E-state index in [0.29, 0.717) is 5.70 Å². The van der Waals surface area contributed by atoms with Crippen molar-refractivity contribution >= 4 is 31.0 Å². The molecular formula is C33H34BN8OPRu+. The minimum absolute atomic E-state index is 0. The Kier molecular flexibility index (Phi) is 13.2. The van der Waals surface area contributed by atoms with Crippen LogP contribution in [0.15, 0.2) is 163 Å². The summed E-state index contributed by atoms with van der Waals surface area (Å²) in [7, 11) is -0.640. The molecule has 0 atom stereocenters. The standard InChI is InChI=1S/C18H15P.C9H9BN6.C6H10N2O.Ru/c1-4-10-16(11-5-1)19(17-12-6-2-7-13-17)18-14-8-3-9-15-18;1-4-11-14(7-1)10(15-8-2-5-12-15)16-9-3-6-13-16;1-2-8-4-3-6(5-8)7-9;/h1-15H;1-9H;5H,2-4H2,1H3;/q;-1;;+2. The van der Waals surface area contributed by atoms with E-state index >= 15 is 0 Å². The van der Waals surface area contributed by atoms with Crippen LogP contribution in [0.3, 0.4) is 0 Å². The molecule has 0 amide bonds. The molecule has 0 unspecified atom stereocenters. The van der Waals surface area contributed by atoms with Gasteiger partial charge < -0.3 is 18.7 Å². The van der Waals surface area contributed by atoms with E-state index in [1.165, 1.54) is 15.9 Å². The summed E-state index contributed by atoms with van der Waals surface area (Å²) in [5.74, 6) is 0. The second-order valence-corrected chi connectivity index (χ2v) is 12.0. The van der Waals surface area contributed by atoms with Gasteiger partial charge in [0.25, 0.3) is 7.12 Å². The molecule has 1 aliphatic rings. The zero-order valence-corrected chi connectivity index (χ0v) is 27.6. The molecule has 227 valence electrons. The third-order valence-electron chi connectivity index (χ3n) is 6.84. The van der Waals surface area contributed by atoms with Crippen molar-refractivity contribution in [3.8, 4) is 0 Å². The number of nitroso groups, excluding NO2 is 1. The van der Waals surface area contributed by atoms with Crippen LogP contribution in [-0.2, 0) is 19.5 Å². The normalized spacial score (nSPS) is 12.0. The number of benzene rings is 3. The van der Waals surface area contributed by atoms with Crippen molar-refractivity contribution in [3.05, 3.63) is 163 Å². The Morgan fingerprint density at radius 3 is 1.33 bits per heavy atom. The summed E-state index contributed by atoms with van der Waals surface area (Å²) in [6, 6.07) is 38.0. The van der Waals surface area contributed by atoms with E-state index in [0.717, 1.165) is 19.5 Å². The van der Waals surface area contributed by atoms with Gasteiger partial charge in [-0.25, -0.2) is 15.3 Å². The SMILES string of the molecule is CCN1C=C(N=O)CC1.[Ru+2].c1ccc(P(c2ccccc2)c2ccccc2)cc1.c1cnn([B-](n2cccn2)n2cccn2)c1. The maximum absolute atomic E-state index is 9.92. The van der Waals surface area contributed by atoms with Gasteiger partial charge in [0.05, 0.1) is 0 Å². The second kappa shape index (κ2) is 17.7. The Bertz CT molecular complexity index is 1500. The molecule has 0 spiro atoms. The van der Waals surface area contributed by atoms with Crippen LogP contribution in [0.25, 0.3) is 0 Å². The molecule has 0 bridgehead atoms. The summed E-state index contributed by atoms with van der Waals surface area (Å²) in [6.45, 7) is 3.99. The Morgan fingerprint density at radius 2 is 1.07 bits per heavy atom. The van der Waals surface area contributed by atoms with Gasteiger partial charge in [0.15, 0.2) is 0 Å². The van der Waals surface area contributed by atoms with Crippen molar-refractivity contribution in [1.29, 1.82) is 0 Å². The first-order valence-corrected chi connectivity index (χ1v) is 15.8. The third-order valence-corrected chi connectivity index (χ3v) is 9.28. The Labute approximate surface area is 278 Å². The summed E-state index contributed by atoms with van der Waals surface area (Å²) < 4.78 is 5.38. The van der Waals surface area contributed by atoms with Gasteiger partial charge in [-0.1, -0.05) is 91.0 Å². The molecule has 45 heavy (non-hydrogen) atoms. The van der Waals surface area contributed by atoms with Crippen molar-refractivity contribution in [1.82, 2.24) is 34.0 Å². The molecule has 0 fully saturated rings. The van der Waals surface area contributed by atoms with Crippen LogP contribution in [-0.4, -0.2) is 54.2 Å². The van der Waals surface area contributed by atoms with Crippen LogP contribution >= 0.6 is 7.92 Å². The van der Waals surface area contributed by atoms with Crippen molar-refractivity contribution < 1.29 is 19.5 Å². The van der Waals surface area contributed by atoms with Crippen LogP contribution in [0.2, 0.25) is 0 Å². The predicted octanol–water partition coefficient (Wildman–Crippen LogP) is 4.97. The molecule has 0 N–H and O–H groups in total. The molecule has 0 aliphatic carbocycles. The first kappa shape index (κ1) is 33.4. The fourth-order valence-electron chi connectivity index (χ4n) is 4.71. The Hall–Kier alpha value is -4.45. The molecule has 0 saturated carbocycles. The smallest absolute Gasteiger partial charge is 0.425 e. The minimum atomic E-state index is -0.446. The molecule has 9 nitrogen and oxygen atoms in total. The number of nitrogens with zero attached hydrogens (tertiary/aromatic N) is 8. The zero-order valence-electron chi connectivity index (χ0n) is 24.9. The molecule has 3 aromatic carbocycles.